The van der Waals surface area contributed by atoms with Crippen LogP contribution in [0, 0.1) is 0 Å². The zero-order chi connectivity index (χ0) is 19.7. The normalized spacial score (nSPS) is 20.4. The predicted molar refractivity (Wildman–Crippen MR) is 100 cm³/mol. The van der Waals surface area contributed by atoms with Crippen molar-refractivity contribution < 1.29 is 9.90 Å². The van der Waals surface area contributed by atoms with Gasteiger partial charge in [-0.05, 0) is 37.1 Å². The predicted octanol–water partition coefficient (Wildman–Crippen LogP) is 0.0770. The number of hydrogen-bond donors (Lipinski definition) is 2. The first-order valence-electron chi connectivity index (χ1n) is 8.69. The number of aryl methyl sites for hydroxylation is 1. The van der Waals surface area contributed by atoms with Crippen molar-refractivity contribution in [2.75, 3.05) is 25.5 Å². The number of anilines is 1. The van der Waals surface area contributed by atoms with Crippen LogP contribution < -0.4 is 16.6 Å². The molecule has 0 unspecified atom stereocenters. The van der Waals surface area contributed by atoms with Gasteiger partial charge in [-0.1, -0.05) is 12.1 Å². The largest absolute Gasteiger partial charge is 0.478 e. The van der Waals surface area contributed by atoms with Crippen molar-refractivity contribution in [2.24, 2.45) is 14.1 Å². The van der Waals surface area contributed by atoms with Crippen molar-refractivity contribution in [2.45, 2.75) is 18.4 Å². The molecule has 1 aromatic heterocycles. The fourth-order valence-electron chi connectivity index (χ4n) is 3.55. The molecule has 1 aliphatic rings. The number of carboxylic acid groups (broad SMARTS) is 1. The Morgan fingerprint density at radius 3 is 2.44 bits per heavy atom. The number of aromatic carboxylic acids is 1. The lowest BCUT2D eigenvalue weighted by Gasteiger charge is -2.36. The van der Waals surface area contributed by atoms with Gasteiger partial charge in [-0.2, -0.15) is 0 Å². The van der Waals surface area contributed by atoms with E-state index < -0.39 is 17.2 Å². The maximum Gasteiger partial charge on any atom is 0.346 e. The number of nitrogens with one attached hydrogen (secondary N) is 1. The lowest BCUT2D eigenvalue weighted by atomic mass is 9.88. The van der Waals surface area contributed by atoms with E-state index >= 15 is 0 Å². The summed E-state index contributed by atoms with van der Waals surface area (Å²) in [5.74, 6) is -0.598. The Kier molecular flexibility index (Phi) is 5.13. The van der Waals surface area contributed by atoms with Gasteiger partial charge in [-0.25, -0.2) is 14.3 Å². The van der Waals surface area contributed by atoms with Crippen LogP contribution in [-0.2, 0) is 14.1 Å². The van der Waals surface area contributed by atoms with Crippen LogP contribution in [0.4, 0.5) is 5.82 Å². The van der Waals surface area contributed by atoms with Gasteiger partial charge in [0.2, 0.25) is 5.82 Å². The molecule has 2 aromatic rings. The third-order valence-corrected chi connectivity index (χ3v) is 4.92. The molecule has 2 N–H and O–H groups in total. The van der Waals surface area contributed by atoms with E-state index in [9.17, 15) is 14.4 Å². The van der Waals surface area contributed by atoms with Gasteiger partial charge in [0.25, 0.3) is 5.56 Å². The molecule has 1 aliphatic heterocycles. The first-order valence-corrected chi connectivity index (χ1v) is 8.69. The summed E-state index contributed by atoms with van der Waals surface area (Å²) in [6, 6.07) is 6.88. The van der Waals surface area contributed by atoms with Crippen LogP contribution in [0.2, 0.25) is 0 Å². The summed E-state index contributed by atoms with van der Waals surface area (Å²) in [6.07, 6.45) is 0.768. The molecule has 0 spiro atoms. The Labute approximate surface area is 155 Å². The number of nitrogens with zero attached hydrogens (tertiary/aromatic N) is 4. The zero-order valence-electron chi connectivity index (χ0n) is 15.5. The number of hydrogen-bond acceptors (Lipinski definition) is 6. The van der Waals surface area contributed by atoms with Crippen molar-refractivity contribution in [3.05, 3.63) is 56.2 Å². The van der Waals surface area contributed by atoms with Crippen molar-refractivity contribution >= 4 is 11.8 Å². The van der Waals surface area contributed by atoms with Crippen molar-refractivity contribution in [3.63, 3.8) is 0 Å². The summed E-state index contributed by atoms with van der Waals surface area (Å²) in [5.41, 5.74) is 0.395. The second-order valence-electron chi connectivity index (χ2n) is 7.04. The van der Waals surface area contributed by atoms with Crippen LogP contribution in [0.25, 0.3) is 0 Å². The molecule has 0 bridgehead atoms. The number of benzene rings is 1. The van der Waals surface area contributed by atoms with Crippen LogP contribution >= 0.6 is 0 Å². The summed E-state index contributed by atoms with van der Waals surface area (Å²) < 4.78 is 2.17. The number of aromatic nitrogens is 3. The van der Waals surface area contributed by atoms with E-state index in [-0.39, 0.29) is 23.3 Å². The molecule has 9 nitrogen and oxygen atoms in total. The Hall–Kier alpha value is -2.94. The van der Waals surface area contributed by atoms with E-state index in [4.69, 9.17) is 5.11 Å². The average Bonchev–Trinajstić information content (AvgIpc) is 2.64. The molecule has 2 heterocycles. The smallest absolute Gasteiger partial charge is 0.346 e. The Morgan fingerprint density at radius 2 is 1.81 bits per heavy atom. The maximum atomic E-state index is 12.3. The molecule has 1 fully saturated rings. The number of carbonyl (C=O) groups is 1. The average molecular weight is 373 g/mol. The molecule has 1 saturated heterocycles. The van der Waals surface area contributed by atoms with Crippen LogP contribution in [-0.4, -0.2) is 56.5 Å². The number of likely N-dealkylation sites (tertiary alicyclic amines) is 1. The van der Waals surface area contributed by atoms with Gasteiger partial charge in [0.15, 0.2) is 0 Å². The fraction of sp³-hybridized carbons (Fsp3) is 0.444. The van der Waals surface area contributed by atoms with Crippen LogP contribution in [0.5, 0.6) is 0 Å². The minimum atomic E-state index is -0.946. The highest BCUT2D eigenvalue weighted by molar-refractivity contribution is 5.87. The fourth-order valence-corrected chi connectivity index (χ4v) is 3.55. The topological polar surface area (TPSA) is 109 Å². The number of likely N-dealkylation sites (N-methyl/N-ethyl adjacent to an activating group) is 1. The maximum absolute atomic E-state index is 12.3. The molecule has 0 radical (unpaired) electrons. The van der Waals surface area contributed by atoms with Gasteiger partial charge in [0.1, 0.15) is 0 Å². The summed E-state index contributed by atoms with van der Waals surface area (Å²) in [5, 5.41) is 16.3. The minimum Gasteiger partial charge on any atom is -0.478 e. The second kappa shape index (κ2) is 7.36. The molecule has 0 saturated carbocycles. The van der Waals surface area contributed by atoms with Crippen LogP contribution in [0.3, 0.4) is 0 Å². The molecule has 27 heavy (non-hydrogen) atoms. The van der Waals surface area contributed by atoms with Gasteiger partial charge >= 0.3 is 11.7 Å². The summed E-state index contributed by atoms with van der Waals surface area (Å²) >= 11 is 0. The van der Waals surface area contributed by atoms with Gasteiger partial charge in [0.05, 0.1) is 5.56 Å². The first-order chi connectivity index (χ1) is 12.8. The van der Waals surface area contributed by atoms with E-state index in [0.717, 1.165) is 34.3 Å². The molecule has 2 atom stereocenters. The minimum absolute atomic E-state index is 0.0226. The monoisotopic (exact) mass is 373 g/mol. The number of carboxylic acids is 1. The Bertz CT molecular complexity index is 963. The third-order valence-electron chi connectivity index (χ3n) is 4.92. The van der Waals surface area contributed by atoms with Crippen molar-refractivity contribution in [3.8, 4) is 0 Å². The standard InChI is InChI=1S/C18H23N5O4/c1-21-9-13(11-4-6-12(7-5-11)17(25)26)8-14(10-21)19-15-16(24)22(2)18(27)23(3)20-15/h4-7,13-14H,8-10H2,1-3H3,(H,19,20)(H,25,26)/t13-,14+/m0/s1. The molecule has 1 aromatic carbocycles. The Balaban J connectivity index is 1.81. The highest BCUT2D eigenvalue weighted by Gasteiger charge is 2.27. The van der Waals surface area contributed by atoms with Gasteiger partial charge in [-0.15, -0.1) is 5.10 Å². The van der Waals surface area contributed by atoms with Crippen LogP contribution in [0.1, 0.15) is 28.3 Å². The van der Waals surface area contributed by atoms with Crippen LogP contribution in [0.15, 0.2) is 33.9 Å². The molecule has 0 aliphatic carbocycles. The lowest BCUT2D eigenvalue weighted by molar-refractivity contribution is 0.0697. The van der Waals surface area contributed by atoms with Crippen molar-refractivity contribution in [1.29, 1.82) is 0 Å². The van der Waals surface area contributed by atoms with E-state index in [1.54, 1.807) is 12.1 Å². The first kappa shape index (κ1) is 18.8. The number of rotatable bonds is 4. The Morgan fingerprint density at radius 1 is 1.15 bits per heavy atom. The highest BCUT2D eigenvalue weighted by Crippen LogP contribution is 2.27. The van der Waals surface area contributed by atoms with Crippen molar-refractivity contribution in [1.82, 2.24) is 19.2 Å². The lowest BCUT2D eigenvalue weighted by Crippen LogP contribution is -2.46. The van der Waals surface area contributed by atoms with E-state index in [1.807, 2.05) is 19.2 Å². The zero-order valence-corrected chi connectivity index (χ0v) is 15.5. The molecule has 9 heteroatoms. The molecular weight excluding hydrogens is 350 g/mol. The molecule has 0 amide bonds. The molecular formula is C18H23N5O4. The van der Waals surface area contributed by atoms with Gasteiger partial charge in [-0.3, -0.25) is 9.36 Å². The van der Waals surface area contributed by atoms with Gasteiger partial charge in [0, 0.05) is 33.2 Å². The number of piperidine rings is 1. The van der Waals surface area contributed by atoms with Gasteiger partial charge < -0.3 is 15.3 Å². The van der Waals surface area contributed by atoms with E-state index in [1.165, 1.54) is 14.1 Å². The third kappa shape index (κ3) is 3.92. The quantitative estimate of drug-likeness (QED) is 0.781. The summed E-state index contributed by atoms with van der Waals surface area (Å²) in [6.45, 7) is 1.57. The second-order valence-corrected chi connectivity index (χ2v) is 7.04. The summed E-state index contributed by atoms with van der Waals surface area (Å²) in [7, 11) is 4.93. The van der Waals surface area contributed by atoms with E-state index in [0.29, 0.717) is 0 Å². The SMILES string of the molecule is CN1C[C@H](Nc2nn(C)c(=O)n(C)c2=O)C[C@H](c2ccc(C(=O)O)cc2)C1. The molecule has 3 rings (SSSR count). The summed E-state index contributed by atoms with van der Waals surface area (Å²) in [4.78, 5) is 37.3. The highest BCUT2D eigenvalue weighted by atomic mass is 16.4. The molecule has 144 valence electrons. The van der Waals surface area contributed by atoms with E-state index in [2.05, 4.69) is 15.3 Å².